The monoisotopic (exact) mass is 210 g/mol. The van der Waals surface area contributed by atoms with Gasteiger partial charge < -0.3 is 15.9 Å². The molecular formula is C10H11FN2O2. The lowest BCUT2D eigenvalue weighted by molar-refractivity contribution is 0.0222. The van der Waals surface area contributed by atoms with Gasteiger partial charge in [-0.3, -0.25) is 0 Å². The Hall–Kier alpha value is -1.48. The zero-order chi connectivity index (χ0) is 11.4. The molecule has 0 aliphatic carbocycles. The molecule has 4 N–H and O–H groups in total. The van der Waals surface area contributed by atoms with Crippen molar-refractivity contribution in [2.45, 2.75) is 12.2 Å². The molecule has 0 aliphatic heterocycles. The molecule has 0 amide bonds. The van der Waals surface area contributed by atoms with Gasteiger partial charge in [-0.05, 0) is 12.1 Å². The van der Waals surface area contributed by atoms with Crippen LogP contribution in [0, 0.1) is 17.1 Å². The van der Waals surface area contributed by atoms with E-state index in [1.54, 1.807) is 6.07 Å². The van der Waals surface area contributed by atoms with E-state index in [0.29, 0.717) is 0 Å². The number of nitrogens with zero attached hydrogens (tertiary/aromatic N) is 1. The Bertz CT molecular complexity index is 389. The van der Waals surface area contributed by atoms with Gasteiger partial charge in [0.2, 0.25) is 0 Å². The van der Waals surface area contributed by atoms with E-state index in [1.165, 1.54) is 12.1 Å². The van der Waals surface area contributed by atoms with E-state index in [2.05, 4.69) is 0 Å². The van der Waals surface area contributed by atoms with Gasteiger partial charge in [0.05, 0.1) is 17.7 Å². The molecule has 0 spiro atoms. The molecule has 0 aromatic heterocycles. The summed E-state index contributed by atoms with van der Waals surface area (Å²) in [6, 6.07) is 5.40. The van der Waals surface area contributed by atoms with Crippen LogP contribution in [0.5, 0.6) is 0 Å². The van der Waals surface area contributed by atoms with Crippen LogP contribution >= 0.6 is 0 Å². The summed E-state index contributed by atoms with van der Waals surface area (Å²) < 4.78 is 13.3. The predicted molar refractivity (Wildman–Crippen MR) is 51.1 cm³/mol. The zero-order valence-corrected chi connectivity index (χ0v) is 7.89. The van der Waals surface area contributed by atoms with E-state index >= 15 is 0 Å². The van der Waals surface area contributed by atoms with E-state index in [-0.39, 0.29) is 17.7 Å². The van der Waals surface area contributed by atoms with Crippen molar-refractivity contribution in [2.24, 2.45) is 5.73 Å². The van der Waals surface area contributed by atoms with Gasteiger partial charge in [0.25, 0.3) is 0 Å². The maximum absolute atomic E-state index is 13.3. The van der Waals surface area contributed by atoms with Crippen LogP contribution in [-0.4, -0.2) is 22.9 Å². The maximum Gasteiger partial charge on any atom is 0.130 e. The highest BCUT2D eigenvalue weighted by Gasteiger charge is 2.20. The van der Waals surface area contributed by atoms with Crippen molar-refractivity contribution in [3.63, 3.8) is 0 Å². The second kappa shape index (κ2) is 4.84. The molecule has 15 heavy (non-hydrogen) atoms. The van der Waals surface area contributed by atoms with Crippen molar-refractivity contribution in [1.29, 1.82) is 5.26 Å². The molecule has 0 radical (unpaired) electrons. The molecule has 4 nitrogen and oxygen atoms in total. The summed E-state index contributed by atoms with van der Waals surface area (Å²) in [7, 11) is 0. The third kappa shape index (κ3) is 2.50. The number of aliphatic hydroxyl groups is 2. The Morgan fingerprint density at radius 1 is 1.47 bits per heavy atom. The smallest absolute Gasteiger partial charge is 0.130 e. The molecule has 0 saturated heterocycles. The van der Waals surface area contributed by atoms with Crippen LogP contribution < -0.4 is 5.73 Å². The van der Waals surface area contributed by atoms with Crippen molar-refractivity contribution in [3.05, 3.63) is 35.1 Å². The van der Waals surface area contributed by atoms with Crippen LogP contribution in [0.4, 0.5) is 4.39 Å². The number of aliphatic hydroxyl groups excluding tert-OH is 2. The minimum Gasteiger partial charge on any atom is -0.389 e. The van der Waals surface area contributed by atoms with Crippen LogP contribution in [0.25, 0.3) is 0 Å². The van der Waals surface area contributed by atoms with Gasteiger partial charge in [-0.25, -0.2) is 4.39 Å². The molecule has 0 heterocycles. The number of benzene rings is 1. The van der Waals surface area contributed by atoms with Gasteiger partial charge in [-0.1, -0.05) is 6.07 Å². The molecular weight excluding hydrogens is 199 g/mol. The van der Waals surface area contributed by atoms with Crippen LogP contribution in [0.15, 0.2) is 18.2 Å². The van der Waals surface area contributed by atoms with E-state index in [9.17, 15) is 14.6 Å². The first-order valence-corrected chi connectivity index (χ1v) is 4.36. The average molecular weight is 210 g/mol. The fraction of sp³-hybridized carbons (Fsp3) is 0.300. The van der Waals surface area contributed by atoms with Crippen molar-refractivity contribution in [1.82, 2.24) is 0 Å². The van der Waals surface area contributed by atoms with Crippen LogP contribution in [0.1, 0.15) is 17.2 Å². The predicted octanol–water partition coefficient (Wildman–Crippen LogP) is 0.0504. The molecule has 80 valence electrons. The molecule has 1 rings (SSSR count). The highest BCUT2D eigenvalue weighted by molar-refractivity contribution is 5.34. The van der Waals surface area contributed by atoms with E-state index in [0.717, 1.165) is 6.07 Å². The Kier molecular flexibility index (Phi) is 3.74. The number of hydrogen-bond acceptors (Lipinski definition) is 4. The molecule has 0 aliphatic rings. The van der Waals surface area contributed by atoms with Crippen molar-refractivity contribution >= 4 is 0 Å². The lowest BCUT2D eigenvalue weighted by atomic mass is 10.0. The quantitative estimate of drug-likeness (QED) is 0.657. The number of rotatable bonds is 3. The molecule has 5 heteroatoms. The molecule has 0 fully saturated rings. The van der Waals surface area contributed by atoms with Gasteiger partial charge >= 0.3 is 0 Å². The van der Waals surface area contributed by atoms with Crippen LogP contribution in [-0.2, 0) is 0 Å². The van der Waals surface area contributed by atoms with Gasteiger partial charge in [0.1, 0.15) is 11.9 Å². The highest BCUT2D eigenvalue weighted by Crippen LogP contribution is 2.20. The Morgan fingerprint density at radius 2 is 2.13 bits per heavy atom. The van der Waals surface area contributed by atoms with E-state index in [4.69, 9.17) is 11.0 Å². The Labute approximate surface area is 86.4 Å². The third-order valence-electron chi connectivity index (χ3n) is 2.05. The van der Waals surface area contributed by atoms with E-state index in [1.807, 2.05) is 0 Å². The zero-order valence-electron chi connectivity index (χ0n) is 7.89. The van der Waals surface area contributed by atoms with Crippen molar-refractivity contribution in [2.75, 3.05) is 6.54 Å². The van der Waals surface area contributed by atoms with E-state index < -0.39 is 18.0 Å². The molecule has 0 saturated carbocycles. The number of hydrogen-bond donors (Lipinski definition) is 3. The minimum absolute atomic E-state index is 0.0630. The van der Waals surface area contributed by atoms with Crippen molar-refractivity contribution < 1.29 is 14.6 Å². The fourth-order valence-corrected chi connectivity index (χ4v) is 1.17. The molecule has 0 bridgehead atoms. The summed E-state index contributed by atoms with van der Waals surface area (Å²) in [5.74, 6) is -0.728. The summed E-state index contributed by atoms with van der Waals surface area (Å²) >= 11 is 0. The van der Waals surface area contributed by atoms with Crippen molar-refractivity contribution in [3.8, 4) is 6.07 Å². The number of nitriles is 1. The Balaban J connectivity index is 3.01. The average Bonchev–Trinajstić information content (AvgIpc) is 2.26. The third-order valence-corrected chi connectivity index (χ3v) is 2.05. The standard InChI is InChI=1S/C10H11FN2O2/c11-8-3-6(4-12)1-2-7(8)10(15)9(14)5-13/h1-3,9-10,14-15H,5,13H2. The molecule has 1 aromatic rings. The van der Waals surface area contributed by atoms with Crippen LogP contribution in [0.2, 0.25) is 0 Å². The SMILES string of the molecule is N#Cc1ccc(C(O)C(O)CN)c(F)c1. The first-order chi connectivity index (χ1) is 7.10. The summed E-state index contributed by atoms with van der Waals surface area (Å²) in [5, 5.41) is 27.2. The fourth-order valence-electron chi connectivity index (χ4n) is 1.17. The topological polar surface area (TPSA) is 90.3 Å². The molecule has 1 aromatic carbocycles. The van der Waals surface area contributed by atoms with Gasteiger partial charge in [-0.2, -0.15) is 5.26 Å². The highest BCUT2D eigenvalue weighted by atomic mass is 19.1. The summed E-state index contributed by atoms with van der Waals surface area (Å²) in [5.41, 5.74) is 5.23. The van der Waals surface area contributed by atoms with Gasteiger partial charge in [-0.15, -0.1) is 0 Å². The molecule has 2 atom stereocenters. The summed E-state index contributed by atoms with van der Waals surface area (Å²) in [6.45, 7) is -0.166. The summed E-state index contributed by atoms with van der Waals surface area (Å²) in [6.07, 6.45) is -2.59. The normalized spacial score (nSPS) is 14.3. The second-order valence-electron chi connectivity index (χ2n) is 3.10. The van der Waals surface area contributed by atoms with Gasteiger partial charge in [0.15, 0.2) is 0 Å². The van der Waals surface area contributed by atoms with Crippen LogP contribution in [0.3, 0.4) is 0 Å². The number of halogens is 1. The first-order valence-electron chi connectivity index (χ1n) is 4.36. The maximum atomic E-state index is 13.3. The Morgan fingerprint density at radius 3 is 2.60 bits per heavy atom. The number of nitrogens with two attached hydrogens (primary N) is 1. The lowest BCUT2D eigenvalue weighted by Gasteiger charge is -2.16. The largest absolute Gasteiger partial charge is 0.389 e. The summed E-state index contributed by atoms with van der Waals surface area (Å²) in [4.78, 5) is 0. The van der Waals surface area contributed by atoms with Gasteiger partial charge in [0, 0.05) is 12.1 Å². The molecule has 2 unspecified atom stereocenters. The minimum atomic E-state index is -1.37. The second-order valence-corrected chi connectivity index (χ2v) is 3.10. The lowest BCUT2D eigenvalue weighted by Crippen LogP contribution is -2.27. The first kappa shape index (κ1) is 11.6.